The van der Waals surface area contributed by atoms with Gasteiger partial charge in [0, 0.05) is 22.6 Å². The number of aromatic nitrogens is 2. The molecule has 0 atom stereocenters. The molecule has 5 nitrogen and oxygen atoms in total. The van der Waals surface area contributed by atoms with E-state index in [4.69, 9.17) is 14.7 Å². The van der Waals surface area contributed by atoms with Crippen molar-refractivity contribution < 1.29 is 10.1 Å². The summed E-state index contributed by atoms with van der Waals surface area (Å²) in [5.41, 5.74) is 2.35. The maximum absolute atomic E-state index is 6.09. The SMILES string of the molecule is CCCSc1nc(N2CC[NH2+]CC2)c2sc3c(c2n1)COC(C)(C)C3. The van der Waals surface area contributed by atoms with E-state index in [0.29, 0.717) is 6.61 Å². The minimum atomic E-state index is -0.0820. The molecule has 2 N–H and O–H groups in total. The molecule has 1 saturated heterocycles. The Hall–Kier alpha value is -0.890. The van der Waals surface area contributed by atoms with Crippen LogP contribution in [0.25, 0.3) is 10.2 Å². The van der Waals surface area contributed by atoms with Crippen LogP contribution in [0, 0.1) is 0 Å². The van der Waals surface area contributed by atoms with E-state index in [1.165, 1.54) is 15.1 Å². The van der Waals surface area contributed by atoms with Gasteiger partial charge in [0.15, 0.2) is 11.0 Å². The molecule has 25 heavy (non-hydrogen) atoms. The Labute approximate surface area is 157 Å². The van der Waals surface area contributed by atoms with Crippen molar-refractivity contribution in [3.05, 3.63) is 10.4 Å². The van der Waals surface area contributed by atoms with Crippen molar-refractivity contribution in [1.29, 1.82) is 0 Å². The summed E-state index contributed by atoms with van der Waals surface area (Å²) in [5.74, 6) is 2.21. The van der Waals surface area contributed by atoms with Gasteiger partial charge in [0.2, 0.25) is 0 Å². The third kappa shape index (κ3) is 3.52. The maximum atomic E-state index is 6.09. The van der Waals surface area contributed by atoms with Crippen LogP contribution in [-0.4, -0.2) is 47.5 Å². The molecule has 0 bridgehead atoms. The minimum Gasteiger partial charge on any atom is -0.370 e. The number of ether oxygens (including phenoxy) is 1. The van der Waals surface area contributed by atoms with Crippen molar-refractivity contribution in [3.63, 3.8) is 0 Å². The van der Waals surface area contributed by atoms with Crippen LogP contribution < -0.4 is 10.2 Å². The second-order valence-electron chi connectivity index (χ2n) is 7.44. The van der Waals surface area contributed by atoms with Crippen LogP contribution >= 0.6 is 23.1 Å². The van der Waals surface area contributed by atoms with E-state index in [1.807, 2.05) is 11.3 Å². The van der Waals surface area contributed by atoms with Gasteiger partial charge in [-0.25, -0.2) is 9.97 Å². The molecule has 2 aromatic rings. The van der Waals surface area contributed by atoms with Crippen molar-refractivity contribution in [2.75, 3.05) is 36.8 Å². The highest BCUT2D eigenvalue weighted by Crippen LogP contribution is 2.42. The van der Waals surface area contributed by atoms with Gasteiger partial charge in [-0.15, -0.1) is 11.3 Å². The zero-order valence-corrected chi connectivity index (χ0v) is 16.9. The Balaban J connectivity index is 1.82. The lowest BCUT2D eigenvalue weighted by Crippen LogP contribution is -2.89. The van der Waals surface area contributed by atoms with Gasteiger partial charge in [-0.3, -0.25) is 0 Å². The molecule has 0 aromatic carbocycles. The number of anilines is 1. The third-order valence-corrected chi connectivity index (χ3v) is 7.08. The zero-order valence-electron chi connectivity index (χ0n) is 15.3. The molecule has 0 radical (unpaired) electrons. The topological polar surface area (TPSA) is 54.9 Å². The maximum Gasteiger partial charge on any atom is 0.190 e. The molecule has 1 fully saturated rings. The van der Waals surface area contributed by atoms with E-state index in [1.54, 1.807) is 11.8 Å². The van der Waals surface area contributed by atoms with Crippen LogP contribution in [0.4, 0.5) is 5.82 Å². The van der Waals surface area contributed by atoms with Gasteiger partial charge in [-0.1, -0.05) is 18.7 Å². The second kappa shape index (κ2) is 7.02. The highest BCUT2D eigenvalue weighted by molar-refractivity contribution is 7.99. The molecule has 0 spiro atoms. The molecule has 0 unspecified atom stereocenters. The molecular formula is C18H27N4OS2+. The van der Waals surface area contributed by atoms with Crippen LogP contribution in [0.5, 0.6) is 0 Å². The fraction of sp³-hybridized carbons (Fsp3) is 0.667. The van der Waals surface area contributed by atoms with E-state index in [2.05, 4.69) is 31.0 Å². The molecule has 0 saturated carbocycles. The molecule has 2 aliphatic rings. The Morgan fingerprint density at radius 3 is 2.84 bits per heavy atom. The van der Waals surface area contributed by atoms with E-state index >= 15 is 0 Å². The Morgan fingerprint density at radius 2 is 2.08 bits per heavy atom. The molecule has 136 valence electrons. The number of hydrogen-bond donors (Lipinski definition) is 1. The number of thiophene rings is 1. The Bertz CT molecular complexity index is 768. The van der Waals surface area contributed by atoms with Gasteiger partial charge < -0.3 is 15.0 Å². The van der Waals surface area contributed by atoms with E-state index in [0.717, 1.165) is 61.3 Å². The standard InChI is InChI=1S/C18H26N4OS2/c1-4-9-24-17-20-14-12-11-23-18(2,3)10-13(12)25-15(14)16(21-17)22-7-5-19-6-8-22/h19H,4-11H2,1-3H3/p+1. The summed E-state index contributed by atoms with van der Waals surface area (Å²) in [5, 5.41) is 3.31. The summed E-state index contributed by atoms with van der Waals surface area (Å²) in [7, 11) is 0. The van der Waals surface area contributed by atoms with E-state index in [-0.39, 0.29) is 5.60 Å². The van der Waals surface area contributed by atoms with Gasteiger partial charge in [0.1, 0.15) is 0 Å². The number of piperazine rings is 1. The van der Waals surface area contributed by atoms with E-state index in [9.17, 15) is 0 Å². The lowest BCUT2D eigenvalue weighted by molar-refractivity contribution is -0.655. The highest BCUT2D eigenvalue weighted by Gasteiger charge is 2.31. The molecule has 4 heterocycles. The van der Waals surface area contributed by atoms with Crippen LogP contribution in [0.1, 0.15) is 37.6 Å². The molecular weight excluding hydrogens is 352 g/mol. The molecule has 0 aliphatic carbocycles. The van der Waals surface area contributed by atoms with E-state index < -0.39 is 0 Å². The van der Waals surface area contributed by atoms with Crippen LogP contribution in [0.15, 0.2) is 5.16 Å². The minimum absolute atomic E-state index is 0.0820. The fourth-order valence-electron chi connectivity index (χ4n) is 3.47. The number of hydrogen-bond acceptors (Lipinski definition) is 6. The van der Waals surface area contributed by atoms with Crippen molar-refractivity contribution >= 4 is 39.1 Å². The number of rotatable bonds is 4. The monoisotopic (exact) mass is 379 g/mol. The molecule has 4 rings (SSSR count). The lowest BCUT2D eigenvalue weighted by Gasteiger charge is -2.29. The van der Waals surface area contributed by atoms with Crippen molar-refractivity contribution in [1.82, 2.24) is 9.97 Å². The van der Waals surface area contributed by atoms with Gasteiger partial charge in [0.05, 0.1) is 48.6 Å². The largest absolute Gasteiger partial charge is 0.370 e. The lowest BCUT2D eigenvalue weighted by atomic mass is 9.98. The summed E-state index contributed by atoms with van der Waals surface area (Å²) >= 11 is 3.66. The molecule has 0 amide bonds. The molecule has 2 aromatic heterocycles. The van der Waals surface area contributed by atoms with Gasteiger partial charge in [-0.2, -0.15) is 0 Å². The average molecular weight is 380 g/mol. The summed E-state index contributed by atoms with van der Waals surface area (Å²) in [6, 6.07) is 0. The summed E-state index contributed by atoms with van der Waals surface area (Å²) in [4.78, 5) is 13.8. The van der Waals surface area contributed by atoms with Crippen molar-refractivity contribution in [2.24, 2.45) is 0 Å². The second-order valence-corrected chi connectivity index (χ2v) is 9.61. The van der Waals surface area contributed by atoms with Crippen molar-refractivity contribution in [2.45, 2.75) is 51.0 Å². The smallest absolute Gasteiger partial charge is 0.190 e. The average Bonchev–Trinajstić information content (AvgIpc) is 2.96. The molecule has 7 heteroatoms. The number of quaternary nitrogens is 1. The number of thioether (sulfide) groups is 1. The first-order valence-electron chi connectivity index (χ1n) is 9.23. The van der Waals surface area contributed by atoms with Crippen LogP contribution in [0.2, 0.25) is 0 Å². The summed E-state index contributed by atoms with van der Waals surface area (Å²) < 4.78 is 7.34. The van der Waals surface area contributed by atoms with Gasteiger partial charge >= 0.3 is 0 Å². The predicted octanol–water partition coefficient (Wildman–Crippen LogP) is 2.43. The first kappa shape index (κ1) is 17.5. The van der Waals surface area contributed by atoms with Gasteiger partial charge in [-0.05, 0) is 20.3 Å². The van der Waals surface area contributed by atoms with Crippen LogP contribution in [0.3, 0.4) is 0 Å². The van der Waals surface area contributed by atoms with Gasteiger partial charge in [0.25, 0.3) is 0 Å². The highest BCUT2D eigenvalue weighted by atomic mass is 32.2. The number of fused-ring (bicyclic) bond motifs is 3. The van der Waals surface area contributed by atoms with Crippen molar-refractivity contribution in [3.8, 4) is 0 Å². The third-order valence-electron chi connectivity index (χ3n) is 4.81. The number of nitrogens with two attached hydrogens (primary N) is 1. The first-order valence-corrected chi connectivity index (χ1v) is 11.0. The summed E-state index contributed by atoms with van der Waals surface area (Å²) in [6.07, 6.45) is 2.10. The normalized spacial score (nSPS) is 20.0. The molecule has 2 aliphatic heterocycles. The predicted molar refractivity (Wildman–Crippen MR) is 105 cm³/mol. The Morgan fingerprint density at radius 1 is 1.28 bits per heavy atom. The quantitative estimate of drug-likeness (QED) is 0.653. The van der Waals surface area contributed by atoms with Crippen LogP contribution in [-0.2, 0) is 17.8 Å². The fourth-order valence-corrected chi connectivity index (χ4v) is 5.64. The first-order chi connectivity index (χ1) is 12.1. The Kier molecular flexibility index (Phi) is 4.92. The summed E-state index contributed by atoms with van der Waals surface area (Å²) in [6.45, 7) is 11.6. The number of nitrogens with zero attached hydrogens (tertiary/aromatic N) is 3. The zero-order chi connectivity index (χ0) is 17.4.